The van der Waals surface area contributed by atoms with Crippen molar-refractivity contribution in [3.05, 3.63) is 53.7 Å². The number of likely N-dealkylation sites (tertiary alicyclic amines) is 1. The molecule has 7 nitrogen and oxygen atoms in total. The maximum Gasteiger partial charge on any atom is 0.255 e. The van der Waals surface area contributed by atoms with Gasteiger partial charge >= 0.3 is 0 Å². The molecule has 8 heteroatoms. The molecule has 1 unspecified atom stereocenters. The number of nitrogens with one attached hydrogen (secondary N) is 1. The van der Waals surface area contributed by atoms with E-state index in [1.807, 2.05) is 20.8 Å². The summed E-state index contributed by atoms with van der Waals surface area (Å²) in [5.74, 6) is 0.465. The number of piperidine rings is 1. The van der Waals surface area contributed by atoms with Crippen LogP contribution < -0.4 is 9.46 Å². The van der Waals surface area contributed by atoms with Gasteiger partial charge in [0, 0.05) is 31.9 Å². The van der Waals surface area contributed by atoms with Gasteiger partial charge < -0.3 is 9.64 Å². The lowest BCUT2D eigenvalue weighted by atomic mass is 9.98. The number of benzene rings is 1. The van der Waals surface area contributed by atoms with Crippen LogP contribution in [-0.2, 0) is 10.0 Å². The van der Waals surface area contributed by atoms with Crippen LogP contribution in [0.1, 0.15) is 42.6 Å². The highest BCUT2D eigenvalue weighted by Crippen LogP contribution is 2.20. The molecule has 2 aromatic rings. The molecule has 1 fully saturated rings. The lowest BCUT2D eigenvalue weighted by Crippen LogP contribution is -2.43. The molecule has 0 aliphatic carbocycles. The minimum atomic E-state index is -3.56. The molecule has 30 heavy (non-hydrogen) atoms. The van der Waals surface area contributed by atoms with Crippen LogP contribution in [0, 0.1) is 12.8 Å². The summed E-state index contributed by atoms with van der Waals surface area (Å²) in [7, 11) is -3.56. The van der Waals surface area contributed by atoms with E-state index >= 15 is 0 Å². The first-order valence-electron chi connectivity index (χ1n) is 10.2. The van der Waals surface area contributed by atoms with Gasteiger partial charge in [0.2, 0.25) is 15.9 Å². The van der Waals surface area contributed by atoms with Gasteiger partial charge in [-0.25, -0.2) is 18.1 Å². The Kier molecular flexibility index (Phi) is 7.10. The van der Waals surface area contributed by atoms with E-state index in [0.717, 1.165) is 18.4 Å². The van der Waals surface area contributed by atoms with Gasteiger partial charge in [-0.1, -0.05) is 17.7 Å². The number of aromatic nitrogens is 1. The third kappa shape index (κ3) is 5.79. The Morgan fingerprint density at radius 3 is 2.60 bits per heavy atom. The maximum atomic E-state index is 12.8. The first-order chi connectivity index (χ1) is 14.2. The number of hydrogen-bond acceptors (Lipinski definition) is 5. The summed E-state index contributed by atoms with van der Waals surface area (Å²) in [4.78, 5) is 19.1. The quantitative estimate of drug-likeness (QED) is 0.728. The van der Waals surface area contributed by atoms with E-state index in [1.54, 1.807) is 41.3 Å². The van der Waals surface area contributed by atoms with E-state index in [9.17, 15) is 13.2 Å². The van der Waals surface area contributed by atoms with Gasteiger partial charge in [0.25, 0.3) is 5.91 Å². The van der Waals surface area contributed by atoms with Crippen LogP contribution in [0.2, 0.25) is 0 Å². The summed E-state index contributed by atoms with van der Waals surface area (Å²) >= 11 is 0. The van der Waals surface area contributed by atoms with Gasteiger partial charge in [0.1, 0.15) is 0 Å². The number of rotatable bonds is 7. The second-order valence-electron chi connectivity index (χ2n) is 7.98. The SMILES string of the molecule is Cc1ccc(S(=O)(=O)NCC2CCCN(C(=O)c3ccc(OC(C)C)nc3)C2)cc1. The van der Waals surface area contributed by atoms with Gasteiger partial charge in [-0.2, -0.15) is 0 Å². The third-order valence-electron chi connectivity index (χ3n) is 5.04. The molecule has 1 amide bonds. The number of nitrogens with zero attached hydrogens (tertiary/aromatic N) is 2. The summed E-state index contributed by atoms with van der Waals surface area (Å²) in [5.41, 5.74) is 1.51. The fourth-order valence-corrected chi connectivity index (χ4v) is 4.56. The minimum absolute atomic E-state index is 0.0191. The van der Waals surface area contributed by atoms with Crippen LogP contribution in [-0.4, -0.2) is 49.9 Å². The van der Waals surface area contributed by atoms with Crippen molar-refractivity contribution < 1.29 is 17.9 Å². The summed E-state index contributed by atoms with van der Waals surface area (Å²) in [6, 6.07) is 10.2. The highest BCUT2D eigenvalue weighted by atomic mass is 32.2. The van der Waals surface area contributed by atoms with Crippen LogP contribution in [0.15, 0.2) is 47.5 Å². The van der Waals surface area contributed by atoms with E-state index in [4.69, 9.17) is 4.74 Å². The first kappa shape index (κ1) is 22.2. The molecule has 0 radical (unpaired) electrons. The predicted molar refractivity (Wildman–Crippen MR) is 115 cm³/mol. The van der Waals surface area contributed by atoms with Crippen molar-refractivity contribution in [3.8, 4) is 5.88 Å². The molecule has 0 bridgehead atoms. The van der Waals surface area contributed by atoms with Gasteiger partial charge in [-0.05, 0) is 57.7 Å². The topological polar surface area (TPSA) is 88.6 Å². The molecule has 1 atom stereocenters. The van der Waals surface area contributed by atoms with Crippen LogP contribution in [0.25, 0.3) is 0 Å². The lowest BCUT2D eigenvalue weighted by molar-refractivity contribution is 0.0676. The smallest absolute Gasteiger partial charge is 0.255 e. The Labute approximate surface area is 178 Å². The van der Waals surface area contributed by atoms with Gasteiger partial charge in [-0.15, -0.1) is 0 Å². The van der Waals surface area contributed by atoms with Crippen molar-refractivity contribution in [2.45, 2.75) is 44.6 Å². The van der Waals surface area contributed by atoms with Gasteiger partial charge in [0.15, 0.2) is 0 Å². The number of ether oxygens (including phenoxy) is 1. The molecule has 1 saturated heterocycles. The fourth-order valence-electron chi connectivity index (χ4n) is 3.45. The van der Waals surface area contributed by atoms with Crippen molar-refractivity contribution in [2.75, 3.05) is 19.6 Å². The zero-order chi connectivity index (χ0) is 21.7. The number of carbonyl (C=O) groups excluding carboxylic acids is 1. The highest BCUT2D eigenvalue weighted by Gasteiger charge is 2.26. The molecule has 2 heterocycles. The van der Waals surface area contributed by atoms with Crippen molar-refractivity contribution in [2.24, 2.45) is 5.92 Å². The molecule has 1 aliphatic rings. The number of sulfonamides is 1. The van der Waals surface area contributed by atoms with Gasteiger partial charge in [-0.3, -0.25) is 4.79 Å². The Morgan fingerprint density at radius 2 is 1.97 bits per heavy atom. The minimum Gasteiger partial charge on any atom is -0.475 e. The number of aryl methyl sites for hydroxylation is 1. The molecular formula is C22H29N3O4S. The molecular weight excluding hydrogens is 402 g/mol. The zero-order valence-electron chi connectivity index (χ0n) is 17.7. The Hall–Kier alpha value is -2.45. The zero-order valence-corrected chi connectivity index (χ0v) is 18.5. The number of carbonyl (C=O) groups is 1. The van der Waals surface area contributed by atoms with Crippen LogP contribution >= 0.6 is 0 Å². The van der Waals surface area contributed by atoms with E-state index in [-0.39, 0.29) is 22.8 Å². The van der Waals surface area contributed by atoms with E-state index in [1.165, 1.54) is 6.20 Å². The van der Waals surface area contributed by atoms with Crippen molar-refractivity contribution in [1.82, 2.24) is 14.6 Å². The predicted octanol–water partition coefficient (Wildman–Crippen LogP) is 3.01. The standard InChI is InChI=1S/C22H29N3O4S/c1-16(2)29-21-11-8-19(14-23-21)22(26)25-12-4-5-18(15-25)13-24-30(27,28)20-9-6-17(3)7-10-20/h6-11,14,16,18,24H,4-5,12-13,15H2,1-3H3. The van der Waals surface area contributed by atoms with Crippen LogP contribution in [0.5, 0.6) is 5.88 Å². The molecule has 162 valence electrons. The summed E-state index contributed by atoms with van der Waals surface area (Å²) in [6.07, 6.45) is 3.26. The lowest BCUT2D eigenvalue weighted by Gasteiger charge is -2.33. The molecule has 1 N–H and O–H groups in total. The Morgan fingerprint density at radius 1 is 1.23 bits per heavy atom. The maximum absolute atomic E-state index is 12.8. The molecule has 3 rings (SSSR count). The largest absolute Gasteiger partial charge is 0.475 e. The van der Waals surface area contributed by atoms with Crippen molar-refractivity contribution >= 4 is 15.9 Å². The van der Waals surface area contributed by atoms with E-state index in [2.05, 4.69) is 9.71 Å². The van der Waals surface area contributed by atoms with Crippen molar-refractivity contribution in [1.29, 1.82) is 0 Å². The van der Waals surface area contributed by atoms with Crippen molar-refractivity contribution in [3.63, 3.8) is 0 Å². The molecule has 0 spiro atoms. The van der Waals surface area contributed by atoms with Crippen LogP contribution in [0.3, 0.4) is 0 Å². The normalized spacial score (nSPS) is 17.2. The average Bonchev–Trinajstić information content (AvgIpc) is 2.72. The molecule has 0 saturated carbocycles. The highest BCUT2D eigenvalue weighted by molar-refractivity contribution is 7.89. The van der Waals surface area contributed by atoms with Crippen LogP contribution in [0.4, 0.5) is 0 Å². The van der Waals surface area contributed by atoms with E-state index < -0.39 is 10.0 Å². The molecule has 1 aromatic heterocycles. The molecule has 1 aromatic carbocycles. The first-order valence-corrected chi connectivity index (χ1v) is 11.7. The summed E-state index contributed by atoms with van der Waals surface area (Å²) in [6.45, 7) is 7.23. The number of amides is 1. The van der Waals surface area contributed by atoms with E-state index in [0.29, 0.717) is 31.1 Å². The number of pyridine rings is 1. The second-order valence-corrected chi connectivity index (χ2v) is 9.74. The molecule has 1 aliphatic heterocycles. The summed E-state index contributed by atoms with van der Waals surface area (Å²) < 4.78 is 33.3. The monoisotopic (exact) mass is 431 g/mol. The summed E-state index contributed by atoms with van der Waals surface area (Å²) in [5, 5.41) is 0. The Balaban J connectivity index is 1.58. The number of hydrogen-bond donors (Lipinski definition) is 1. The van der Waals surface area contributed by atoms with Gasteiger partial charge in [0.05, 0.1) is 16.6 Å². The third-order valence-corrected chi connectivity index (χ3v) is 6.48. The fraction of sp³-hybridized carbons (Fsp3) is 0.455. The Bertz CT molecular complexity index is 957. The average molecular weight is 432 g/mol. The second kappa shape index (κ2) is 9.57.